The number of nitro groups is 1. The fourth-order valence-electron chi connectivity index (χ4n) is 2.26. The molecule has 0 radical (unpaired) electrons. The predicted molar refractivity (Wildman–Crippen MR) is 111 cm³/mol. The summed E-state index contributed by atoms with van der Waals surface area (Å²) >= 11 is 0. The maximum atomic E-state index is 12.7. The molecule has 1 aromatic heterocycles. The molecule has 0 fully saturated rings. The van der Waals surface area contributed by atoms with Crippen LogP contribution in [0.3, 0.4) is 0 Å². The van der Waals surface area contributed by atoms with Gasteiger partial charge in [-0.15, -0.1) is 0 Å². The average Bonchev–Trinajstić information content (AvgIpc) is 2.68. The molecule has 2 aromatic rings. The van der Waals surface area contributed by atoms with Gasteiger partial charge < -0.3 is 5.11 Å². The van der Waals surface area contributed by atoms with Gasteiger partial charge in [0.05, 0.1) is 16.3 Å². The molecule has 0 saturated carbocycles. The third-order valence-electron chi connectivity index (χ3n) is 3.82. The third kappa shape index (κ3) is 6.69. The second-order valence-electron chi connectivity index (χ2n) is 6.12. The molecule has 0 aliphatic rings. The number of nitrogen functional groups attached to an aromatic ring is 1. The minimum absolute atomic E-state index is 0.0395. The lowest BCUT2D eigenvalue weighted by Gasteiger charge is -2.14. The zero-order valence-corrected chi connectivity index (χ0v) is 16.3. The van der Waals surface area contributed by atoms with E-state index in [1.54, 1.807) is 25.3 Å². The number of hydrazone groups is 1. The number of nitrogens with two attached hydrogens (primary N) is 1. The first-order valence-electron chi connectivity index (χ1n) is 9.02. The van der Waals surface area contributed by atoms with Gasteiger partial charge in [0.15, 0.2) is 6.20 Å². The van der Waals surface area contributed by atoms with E-state index in [1.165, 1.54) is 35.1 Å². The number of nitrogens with one attached hydrogen (secondary N) is 1. The maximum Gasteiger partial charge on any atom is 0.269 e. The zero-order valence-electron chi connectivity index (χ0n) is 16.3. The van der Waals surface area contributed by atoms with E-state index in [-0.39, 0.29) is 11.4 Å². The molecule has 10 heteroatoms. The van der Waals surface area contributed by atoms with Gasteiger partial charge in [-0.1, -0.05) is 18.0 Å². The van der Waals surface area contributed by atoms with Gasteiger partial charge in [-0.05, 0) is 31.5 Å². The number of nitrogens with zero attached hydrogens (tertiary/aromatic N) is 5. The number of pyridine rings is 1. The van der Waals surface area contributed by atoms with Crippen LogP contribution in [-0.4, -0.2) is 28.8 Å². The van der Waals surface area contributed by atoms with Crippen LogP contribution >= 0.6 is 0 Å². The highest BCUT2D eigenvalue weighted by Crippen LogP contribution is 2.15. The second kappa shape index (κ2) is 10.5. The Bertz CT molecular complexity index is 937. The quantitative estimate of drug-likeness (QED) is 0.126. The summed E-state index contributed by atoms with van der Waals surface area (Å²) in [5.74, 6) is 5.07. The topological polar surface area (TPSA) is 145 Å². The summed E-state index contributed by atoms with van der Waals surface area (Å²) in [7, 11) is 0. The monoisotopic (exact) mass is 397 g/mol. The van der Waals surface area contributed by atoms with Crippen LogP contribution in [0, 0.1) is 10.1 Å². The highest BCUT2D eigenvalue weighted by atomic mass is 16.6. The summed E-state index contributed by atoms with van der Waals surface area (Å²) in [5, 5.41) is 27.6. The molecular weight excluding hydrogens is 374 g/mol. The fraction of sp³-hybridized carbons (Fsp3) is 0.263. The summed E-state index contributed by atoms with van der Waals surface area (Å²) in [6.45, 7) is 4.31. The predicted octanol–water partition coefficient (Wildman–Crippen LogP) is 1.72. The Morgan fingerprint density at radius 3 is 2.62 bits per heavy atom. The van der Waals surface area contributed by atoms with Gasteiger partial charge in [0, 0.05) is 30.6 Å². The Kier molecular flexibility index (Phi) is 7.78. The van der Waals surface area contributed by atoms with Gasteiger partial charge in [-0.3, -0.25) is 25.5 Å². The third-order valence-corrected chi connectivity index (χ3v) is 3.82. The number of hydrogen-bond donors (Lipinski definition) is 2. The van der Waals surface area contributed by atoms with Crippen molar-refractivity contribution < 1.29 is 14.7 Å². The molecule has 152 valence electrons. The van der Waals surface area contributed by atoms with Crippen molar-refractivity contribution in [2.45, 2.75) is 26.7 Å². The molecule has 0 aliphatic carbocycles. The van der Waals surface area contributed by atoms with Crippen molar-refractivity contribution in [3.05, 3.63) is 58.9 Å². The average molecular weight is 397 g/mol. The molecule has 1 heterocycles. The van der Waals surface area contributed by atoms with Crippen molar-refractivity contribution in [2.24, 2.45) is 15.1 Å². The van der Waals surface area contributed by atoms with Crippen molar-refractivity contribution in [3.8, 4) is 0 Å². The number of non-ortho nitro benzene ring substituents is 1. The Morgan fingerprint density at radius 1 is 1.28 bits per heavy atom. The number of hydrogen-bond acceptors (Lipinski definition) is 8. The molecule has 0 bridgehead atoms. The van der Waals surface area contributed by atoms with Crippen LogP contribution in [0.15, 0.2) is 63.9 Å². The number of rotatable bonds is 9. The summed E-state index contributed by atoms with van der Waals surface area (Å²) < 4.78 is 1.29. The summed E-state index contributed by atoms with van der Waals surface area (Å²) in [6.07, 6.45) is 4.98. The molecule has 29 heavy (non-hydrogen) atoms. The summed E-state index contributed by atoms with van der Waals surface area (Å²) in [5.41, 5.74) is 4.05. The lowest BCUT2D eigenvalue weighted by atomic mass is 10.2. The largest absolute Gasteiger partial charge is 0.857 e. The van der Waals surface area contributed by atoms with Crippen LogP contribution in [0.5, 0.6) is 0 Å². The molecule has 10 nitrogen and oxygen atoms in total. The van der Waals surface area contributed by atoms with Crippen LogP contribution in [0.2, 0.25) is 0 Å². The van der Waals surface area contributed by atoms with E-state index in [4.69, 9.17) is 5.84 Å². The van der Waals surface area contributed by atoms with Crippen LogP contribution in [0.4, 0.5) is 17.1 Å². The number of aromatic nitrogens is 1. The van der Waals surface area contributed by atoms with E-state index in [9.17, 15) is 15.2 Å². The molecule has 0 atom stereocenters. The molecule has 0 unspecified atom stereocenters. The van der Waals surface area contributed by atoms with Crippen LogP contribution in [-0.2, 0) is 0 Å². The molecule has 0 aliphatic heterocycles. The Balaban J connectivity index is 2.31. The maximum absolute atomic E-state index is 12.7. The number of anilines is 1. The van der Waals surface area contributed by atoms with E-state index < -0.39 is 10.8 Å². The second-order valence-corrected chi connectivity index (χ2v) is 6.12. The van der Waals surface area contributed by atoms with Crippen LogP contribution < -0.4 is 21.1 Å². The normalized spacial score (nSPS) is 12.7. The minimum Gasteiger partial charge on any atom is -0.857 e. The molecule has 3 N–H and O–H groups in total. The first kappa shape index (κ1) is 21.5. The first-order chi connectivity index (χ1) is 13.9. The first-order valence-corrected chi connectivity index (χ1v) is 9.02. The molecular formula is C19H23N7O3. The van der Waals surface area contributed by atoms with E-state index in [0.29, 0.717) is 23.6 Å². The highest BCUT2D eigenvalue weighted by molar-refractivity contribution is 6.65. The van der Waals surface area contributed by atoms with Crippen molar-refractivity contribution in [1.82, 2.24) is 0 Å². The number of benzene rings is 1. The number of aliphatic imine (C=N–C) groups is 2. The van der Waals surface area contributed by atoms with Crippen LogP contribution in [0.1, 0.15) is 26.7 Å². The summed E-state index contributed by atoms with van der Waals surface area (Å²) in [4.78, 5) is 18.7. The molecule has 0 saturated heterocycles. The minimum atomic E-state index is -0.580. The van der Waals surface area contributed by atoms with Crippen molar-refractivity contribution in [1.29, 1.82) is 0 Å². The van der Waals surface area contributed by atoms with Gasteiger partial charge >= 0.3 is 0 Å². The van der Waals surface area contributed by atoms with E-state index in [2.05, 4.69) is 20.5 Å². The van der Waals surface area contributed by atoms with E-state index in [0.717, 1.165) is 12.8 Å². The Morgan fingerprint density at radius 2 is 2.00 bits per heavy atom. The Labute approximate surface area is 168 Å². The van der Waals surface area contributed by atoms with Gasteiger partial charge in [0.1, 0.15) is 11.4 Å². The molecule has 2 rings (SSSR count). The van der Waals surface area contributed by atoms with Gasteiger partial charge in [-0.25, -0.2) is 5.84 Å². The molecule has 0 spiro atoms. The number of nitro benzene ring substituents is 1. The summed E-state index contributed by atoms with van der Waals surface area (Å²) in [6, 6.07) is 9.00. The van der Waals surface area contributed by atoms with Gasteiger partial charge in [0.25, 0.3) is 5.69 Å². The zero-order chi connectivity index (χ0) is 21.2. The van der Waals surface area contributed by atoms with Crippen molar-refractivity contribution >= 4 is 34.4 Å². The Hall–Kier alpha value is -3.82. The molecule has 0 amide bonds. The lowest BCUT2D eigenvalue weighted by Crippen LogP contribution is -2.43. The van der Waals surface area contributed by atoms with Crippen LogP contribution in [0.25, 0.3) is 0 Å². The molecule has 1 aromatic carbocycles. The van der Waals surface area contributed by atoms with Crippen molar-refractivity contribution in [3.63, 3.8) is 0 Å². The van der Waals surface area contributed by atoms with E-state index >= 15 is 0 Å². The van der Waals surface area contributed by atoms with Crippen molar-refractivity contribution in [2.75, 3.05) is 17.8 Å². The standard InChI is InChI=1S/C19H23N7O3/c1-3-4-11-21-14(2)18(19(27)22-16-6-5-12-25(20)13-16)24-23-15-7-9-17(10-8-15)26(28)29/h5-10,12-13H,3-4,11,20H2,1-2H3,(H-,21,22,23,27). The fourth-order valence-corrected chi connectivity index (χ4v) is 2.26. The number of unbranched alkanes of at least 4 members (excludes halogenated alkanes) is 1. The van der Waals surface area contributed by atoms with Gasteiger partial charge in [0.2, 0.25) is 6.20 Å². The highest BCUT2D eigenvalue weighted by Gasteiger charge is 2.08. The lowest BCUT2D eigenvalue weighted by molar-refractivity contribution is -0.638. The smallest absolute Gasteiger partial charge is 0.269 e. The van der Waals surface area contributed by atoms with E-state index in [1.807, 2.05) is 6.92 Å². The SMILES string of the molecule is CCCCN=C(C)C(=NNc1ccc([N+](=O)[O-])cc1)C([O-])=Nc1ccc[n+](N)c1. The van der Waals surface area contributed by atoms with Gasteiger partial charge in [-0.2, -0.15) is 5.10 Å².